The van der Waals surface area contributed by atoms with Crippen molar-refractivity contribution in [1.29, 1.82) is 0 Å². The van der Waals surface area contributed by atoms with Crippen LogP contribution in [-0.4, -0.2) is 26.3 Å². The lowest BCUT2D eigenvalue weighted by Crippen LogP contribution is -2.32. The molecule has 0 aromatic heterocycles. The Morgan fingerprint density at radius 3 is 2.23 bits per heavy atom. The van der Waals surface area contributed by atoms with Gasteiger partial charge in [0.2, 0.25) is 0 Å². The summed E-state index contributed by atoms with van der Waals surface area (Å²) < 4.78 is 5.23. The minimum absolute atomic E-state index is 0.389. The Balaban J connectivity index is 3.71. The summed E-state index contributed by atoms with van der Waals surface area (Å²) in [6.07, 6.45) is 3.99. The normalized spacial score (nSPS) is 18.2. The van der Waals surface area contributed by atoms with Crippen LogP contribution in [0.2, 0.25) is 0 Å². The van der Waals surface area contributed by atoms with Gasteiger partial charge in [0, 0.05) is 13.2 Å². The maximum absolute atomic E-state index is 5.23. The van der Waals surface area contributed by atoms with E-state index in [1.54, 1.807) is 7.11 Å². The molecule has 0 aliphatic carbocycles. The summed E-state index contributed by atoms with van der Waals surface area (Å²) >= 11 is 0. The van der Waals surface area contributed by atoms with Crippen LogP contribution in [-0.2, 0) is 4.74 Å². The van der Waals surface area contributed by atoms with Crippen molar-refractivity contribution >= 4 is 0 Å². The molecule has 0 heterocycles. The summed E-state index contributed by atoms with van der Waals surface area (Å²) in [5.41, 5.74) is 0. The van der Waals surface area contributed by atoms with E-state index in [-0.39, 0.29) is 0 Å². The van der Waals surface area contributed by atoms with E-state index in [4.69, 9.17) is 4.74 Å². The van der Waals surface area contributed by atoms with Gasteiger partial charge in [-0.3, -0.25) is 0 Å². The number of nitrogens with one attached hydrogen (secondary N) is 1. The summed E-state index contributed by atoms with van der Waals surface area (Å²) in [7, 11) is 3.83. The van der Waals surface area contributed by atoms with Gasteiger partial charge in [-0.2, -0.15) is 0 Å². The molecule has 2 heteroatoms. The third kappa shape index (κ3) is 5.27. The summed E-state index contributed by atoms with van der Waals surface area (Å²) in [5, 5.41) is 3.38. The molecule has 0 amide bonds. The van der Waals surface area contributed by atoms with Crippen LogP contribution >= 0.6 is 0 Å². The molecule has 1 N–H and O–H groups in total. The second-order valence-electron chi connectivity index (χ2n) is 3.90. The van der Waals surface area contributed by atoms with Crippen LogP contribution in [0, 0.1) is 5.92 Å². The first-order chi connectivity index (χ1) is 6.15. The van der Waals surface area contributed by atoms with Gasteiger partial charge in [-0.05, 0) is 32.7 Å². The monoisotopic (exact) mass is 187 g/mol. The highest BCUT2D eigenvalue weighted by molar-refractivity contribution is 4.71. The predicted octanol–water partition coefficient (Wildman–Crippen LogP) is 2.44. The lowest BCUT2D eigenvalue weighted by atomic mass is 9.94. The van der Waals surface area contributed by atoms with Crippen LogP contribution in [0.25, 0.3) is 0 Å². The van der Waals surface area contributed by atoms with E-state index in [0.717, 1.165) is 12.3 Å². The van der Waals surface area contributed by atoms with Crippen molar-refractivity contribution in [3.63, 3.8) is 0 Å². The summed E-state index contributed by atoms with van der Waals surface area (Å²) in [5.74, 6) is 0.758. The third-order valence-electron chi connectivity index (χ3n) is 2.99. The largest absolute Gasteiger partial charge is 0.382 e. The maximum Gasteiger partial charge on any atom is 0.0543 e. The van der Waals surface area contributed by atoms with E-state index < -0.39 is 0 Å². The molecule has 0 radical (unpaired) electrons. The quantitative estimate of drug-likeness (QED) is 0.661. The van der Waals surface area contributed by atoms with Gasteiger partial charge in [0.1, 0.15) is 0 Å². The van der Waals surface area contributed by atoms with Gasteiger partial charge in [0.15, 0.2) is 0 Å². The Bertz CT molecular complexity index is 117. The van der Waals surface area contributed by atoms with Crippen LogP contribution in [0.3, 0.4) is 0 Å². The van der Waals surface area contributed by atoms with E-state index >= 15 is 0 Å². The molecule has 0 aromatic carbocycles. The zero-order valence-electron chi connectivity index (χ0n) is 9.76. The highest BCUT2D eigenvalue weighted by Crippen LogP contribution is 2.14. The van der Waals surface area contributed by atoms with Crippen molar-refractivity contribution in [3.8, 4) is 0 Å². The van der Waals surface area contributed by atoms with Crippen LogP contribution in [0.5, 0.6) is 0 Å². The Morgan fingerprint density at radius 1 is 1.23 bits per heavy atom. The highest BCUT2D eigenvalue weighted by Gasteiger charge is 2.14. The molecule has 0 aliphatic rings. The van der Waals surface area contributed by atoms with Crippen LogP contribution in [0.1, 0.15) is 40.0 Å². The van der Waals surface area contributed by atoms with E-state index in [0.29, 0.717) is 12.1 Å². The lowest BCUT2D eigenvalue weighted by Gasteiger charge is -2.23. The second-order valence-corrected chi connectivity index (χ2v) is 3.90. The molecule has 80 valence electrons. The Morgan fingerprint density at radius 2 is 1.85 bits per heavy atom. The topological polar surface area (TPSA) is 21.3 Å². The summed E-state index contributed by atoms with van der Waals surface area (Å²) in [6.45, 7) is 6.68. The lowest BCUT2D eigenvalue weighted by molar-refractivity contribution is 0.104. The molecule has 3 atom stereocenters. The molecule has 13 heavy (non-hydrogen) atoms. The van der Waals surface area contributed by atoms with Crippen LogP contribution < -0.4 is 5.32 Å². The smallest absolute Gasteiger partial charge is 0.0543 e. The molecule has 0 aromatic rings. The fourth-order valence-corrected chi connectivity index (χ4v) is 1.53. The zero-order chi connectivity index (χ0) is 10.3. The molecule has 0 saturated carbocycles. The molecule has 3 unspecified atom stereocenters. The fourth-order valence-electron chi connectivity index (χ4n) is 1.53. The van der Waals surface area contributed by atoms with Crippen molar-refractivity contribution in [1.82, 2.24) is 5.32 Å². The van der Waals surface area contributed by atoms with Crippen molar-refractivity contribution in [3.05, 3.63) is 0 Å². The second kappa shape index (κ2) is 7.34. The Labute approximate surface area is 83.1 Å². The number of ether oxygens (including phenoxy) is 1. The molecule has 0 fully saturated rings. The van der Waals surface area contributed by atoms with Gasteiger partial charge >= 0.3 is 0 Å². The molecule has 0 aliphatic heterocycles. The third-order valence-corrected chi connectivity index (χ3v) is 2.99. The molecule has 2 nitrogen and oxygen atoms in total. The highest BCUT2D eigenvalue weighted by atomic mass is 16.5. The number of hydrogen-bond acceptors (Lipinski definition) is 2. The van der Waals surface area contributed by atoms with Gasteiger partial charge in [-0.1, -0.05) is 20.3 Å². The minimum Gasteiger partial charge on any atom is -0.382 e. The predicted molar refractivity (Wildman–Crippen MR) is 58.0 cm³/mol. The van der Waals surface area contributed by atoms with Gasteiger partial charge < -0.3 is 10.1 Å². The SMILES string of the molecule is CCC(C)C(CCC(C)OC)NC. The van der Waals surface area contributed by atoms with Gasteiger partial charge in [-0.15, -0.1) is 0 Å². The molecular weight excluding hydrogens is 162 g/mol. The number of hydrogen-bond donors (Lipinski definition) is 1. The van der Waals surface area contributed by atoms with Gasteiger partial charge in [-0.25, -0.2) is 0 Å². The van der Waals surface area contributed by atoms with E-state index in [2.05, 4.69) is 26.1 Å². The average Bonchev–Trinajstić information content (AvgIpc) is 2.17. The van der Waals surface area contributed by atoms with Crippen molar-refractivity contribution in [2.45, 2.75) is 52.2 Å². The van der Waals surface area contributed by atoms with Gasteiger partial charge in [0.05, 0.1) is 6.10 Å². The van der Waals surface area contributed by atoms with E-state index in [1.807, 2.05) is 7.05 Å². The van der Waals surface area contributed by atoms with Crippen molar-refractivity contribution in [2.24, 2.45) is 5.92 Å². The zero-order valence-corrected chi connectivity index (χ0v) is 9.76. The van der Waals surface area contributed by atoms with Crippen LogP contribution in [0.15, 0.2) is 0 Å². The van der Waals surface area contributed by atoms with Crippen LogP contribution in [0.4, 0.5) is 0 Å². The Kier molecular flexibility index (Phi) is 7.29. The number of rotatable bonds is 7. The molecule has 0 saturated heterocycles. The first-order valence-corrected chi connectivity index (χ1v) is 5.35. The first kappa shape index (κ1) is 12.9. The van der Waals surface area contributed by atoms with E-state index in [1.165, 1.54) is 12.8 Å². The molecule has 0 bridgehead atoms. The number of methoxy groups -OCH3 is 1. The molecular formula is C11H25NO. The van der Waals surface area contributed by atoms with E-state index in [9.17, 15) is 0 Å². The maximum atomic E-state index is 5.23. The summed E-state index contributed by atoms with van der Waals surface area (Å²) in [6, 6.07) is 0.641. The molecule has 0 rings (SSSR count). The van der Waals surface area contributed by atoms with Gasteiger partial charge in [0.25, 0.3) is 0 Å². The average molecular weight is 187 g/mol. The molecule has 0 spiro atoms. The van der Waals surface area contributed by atoms with Crippen molar-refractivity contribution < 1.29 is 4.74 Å². The summed E-state index contributed by atoms with van der Waals surface area (Å²) in [4.78, 5) is 0. The Hall–Kier alpha value is -0.0800. The fraction of sp³-hybridized carbons (Fsp3) is 1.00. The van der Waals surface area contributed by atoms with Crippen molar-refractivity contribution in [2.75, 3.05) is 14.2 Å². The first-order valence-electron chi connectivity index (χ1n) is 5.35. The minimum atomic E-state index is 0.389. The standard InChI is InChI=1S/C11H25NO/c1-6-9(2)11(12-4)8-7-10(3)13-5/h9-12H,6-8H2,1-5H3.